The van der Waals surface area contributed by atoms with Crippen LogP contribution in [0.3, 0.4) is 0 Å². The predicted octanol–water partition coefficient (Wildman–Crippen LogP) is 1.64. The standard InChI is InChI=1S/C15H18F3N3O3/c16-15(17,18)24-12-3-1-10(2-4-12)5-7-20-14(23)21-8-6-11(9-21)13(19)22/h1-4,11H,5-9H2,(H2,19,22)(H,20,23). The van der Waals surface area contributed by atoms with Crippen molar-refractivity contribution < 1.29 is 27.5 Å². The van der Waals surface area contributed by atoms with E-state index in [0.717, 1.165) is 5.56 Å². The fraction of sp³-hybridized carbons (Fsp3) is 0.467. The summed E-state index contributed by atoms with van der Waals surface area (Å²) in [5.74, 6) is -1.01. The van der Waals surface area contributed by atoms with Crippen molar-refractivity contribution >= 4 is 11.9 Å². The van der Waals surface area contributed by atoms with Gasteiger partial charge in [-0.3, -0.25) is 4.79 Å². The van der Waals surface area contributed by atoms with Crippen LogP contribution in [0.2, 0.25) is 0 Å². The maximum absolute atomic E-state index is 12.1. The Morgan fingerprint density at radius 1 is 1.29 bits per heavy atom. The summed E-state index contributed by atoms with van der Waals surface area (Å²) < 4.78 is 39.9. The van der Waals surface area contributed by atoms with E-state index in [9.17, 15) is 22.8 Å². The first-order valence-electron chi connectivity index (χ1n) is 7.41. The van der Waals surface area contributed by atoms with Crippen molar-refractivity contribution in [1.82, 2.24) is 10.2 Å². The summed E-state index contributed by atoms with van der Waals surface area (Å²) in [5, 5.41) is 2.71. The molecule has 0 aromatic heterocycles. The van der Waals surface area contributed by atoms with Gasteiger partial charge in [0.2, 0.25) is 5.91 Å². The van der Waals surface area contributed by atoms with Crippen molar-refractivity contribution in [3.63, 3.8) is 0 Å². The lowest BCUT2D eigenvalue weighted by Gasteiger charge is -2.17. The smallest absolute Gasteiger partial charge is 0.406 e. The third-order valence-corrected chi connectivity index (χ3v) is 3.72. The monoisotopic (exact) mass is 345 g/mol. The zero-order valence-electron chi connectivity index (χ0n) is 12.8. The summed E-state index contributed by atoms with van der Waals surface area (Å²) in [4.78, 5) is 24.5. The van der Waals surface area contributed by atoms with Gasteiger partial charge < -0.3 is 20.7 Å². The van der Waals surface area contributed by atoms with E-state index in [-0.39, 0.29) is 17.7 Å². The van der Waals surface area contributed by atoms with Crippen LogP contribution in [0.5, 0.6) is 5.75 Å². The van der Waals surface area contributed by atoms with E-state index in [4.69, 9.17) is 5.73 Å². The molecule has 3 amide bonds. The molecule has 0 saturated carbocycles. The molecule has 6 nitrogen and oxygen atoms in total. The molecule has 1 aromatic rings. The number of hydrogen-bond donors (Lipinski definition) is 2. The molecule has 0 spiro atoms. The van der Waals surface area contributed by atoms with E-state index in [1.807, 2.05) is 0 Å². The number of nitrogens with zero attached hydrogens (tertiary/aromatic N) is 1. The lowest BCUT2D eigenvalue weighted by molar-refractivity contribution is -0.274. The molecule has 3 N–H and O–H groups in total. The molecule has 1 saturated heterocycles. The van der Waals surface area contributed by atoms with Crippen molar-refractivity contribution in [2.24, 2.45) is 11.7 Å². The summed E-state index contributed by atoms with van der Waals surface area (Å²) in [6, 6.07) is 5.18. The van der Waals surface area contributed by atoms with Gasteiger partial charge in [-0.05, 0) is 30.5 Å². The predicted molar refractivity (Wildman–Crippen MR) is 79.1 cm³/mol. The molecule has 1 fully saturated rings. The number of carbonyl (C=O) groups is 2. The van der Waals surface area contributed by atoms with Gasteiger partial charge in [-0.25, -0.2) is 4.79 Å². The van der Waals surface area contributed by atoms with Crippen LogP contribution in [-0.2, 0) is 11.2 Å². The Bertz CT molecular complexity index is 590. The number of benzene rings is 1. The van der Waals surface area contributed by atoms with Crippen molar-refractivity contribution in [2.45, 2.75) is 19.2 Å². The normalized spacial score (nSPS) is 17.6. The molecule has 1 aliphatic heterocycles. The highest BCUT2D eigenvalue weighted by molar-refractivity contribution is 5.80. The van der Waals surface area contributed by atoms with Crippen LogP contribution >= 0.6 is 0 Å². The van der Waals surface area contributed by atoms with E-state index < -0.39 is 12.3 Å². The van der Waals surface area contributed by atoms with Gasteiger partial charge in [0.1, 0.15) is 5.75 Å². The number of amides is 3. The number of hydrogen-bond acceptors (Lipinski definition) is 3. The Morgan fingerprint density at radius 3 is 2.50 bits per heavy atom. The highest BCUT2D eigenvalue weighted by Crippen LogP contribution is 2.22. The summed E-state index contributed by atoms with van der Waals surface area (Å²) in [6.07, 6.45) is -3.69. The van der Waals surface area contributed by atoms with E-state index in [2.05, 4.69) is 10.1 Å². The average molecular weight is 345 g/mol. The molecule has 0 bridgehead atoms. The summed E-state index contributed by atoms with van der Waals surface area (Å²) in [6.45, 7) is 1.11. The lowest BCUT2D eigenvalue weighted by atomic mass is 10.1. The van der Waals surface area contributed by atoms with Crippen LogP contribution in [0.1, 0.15) is 12.0 Å². The molecular formula is C15H18F3N3O3. The molecule has 1 heterocycles. The highest BCUT2D eigenvalue weighted by Gasteiger charge is 2.31. The maximum Gasteiger partial charge on any atom is 0.573 e. The van der Waals surface area contributed by atoms with Crippen LogP contribution in [0.25, 0.3) is 0 Å². The third-order valence-electron chi connectivity index (χ3n) is 3.72. The minimum Gasteiger partial charge on any atom is -0.406 e. The average Bonchev–Trinajstić information content (AvgIpc) is 2.97. The molecular weight excluding hydrogens is 327 g/mol. The summed E-state index contributed by atoms with van der Waals surface area (Å²) in [7, 11) is 0. The Balaban J connectivity index is 1.74. The molecule has 9 heteroatoms. The van der Waals surface area contributed by atoms with Gasteiger partial charge in [0.05, 0.1) is 5.92 Å². The minimum atomic E-state index is -4.71. The molecule has 0 radical (unpaired) electrons. The fourth-order valence-electron chi connectivity index (χ4n) is 2.46. The number of nitrogens with two attached hydrogens (primary N) is 1. The Morgan fingerprint density at radius 2 is 1.96 bits per heavy atom. The van der Waals surface area contributed by atoms with Crippen LogP contribution < -0.4 is 15.8 Å². The number of halogens is 3. The van der Waals surface area contributed by atoms with E-state index in [1.165, 1.54) is 29.2 Å². The Kier molecular flexibility index (Phi) is 5.53. The molecule has 1 aliphatic rings. The third kappa shape index (κ3) is 5.32. The first kappa shape index (κ1) is 17.9. The minimum absolute atomic E-state index is 0.282. The Hall–Kier alpha value is -2.45. The number of ether oxygens (including phenoxy) is 1. The first-order chi connectivity index (χ1) is 11.2. The van der Waals surface area contributed by atoms with E-state index >= 15 is 0 Å². The van der Waals surface area contributed by atoms with Gasteiger partial charge in [-0.1, -0.05) is 12.1 Å². The van der Waals surface area contributed by atoms with Gasteiger partial charge in [-0.15, -0.1) is 13.2 Å². The zero-order valence-corrected chi connectivity index (χ0v) is 12.8. The number of rotatable bonds is 5. The van der Waals surface area contributed by atoms with Crippen molar-refractivity contribution in [3.05, 3.63) is 29.8 Å². The van der Waals surface area contributed by atoms with Gasteiger partial charge >= 0.3 is 12.4 Å². The fourth-order valence-corrected chi connectivity index (χ4v) is 2.46. The number of nitrogens with one attached hydrogen (secondary N) is 1. The van der Waals surface area contributed by atoms with Gasteiger partial charge in [-0.2, -0.15) is 0 Å². The van der Waals surface area contributed by atoms with Crippen LogP contribution in [0, 0.1) is 5.92 Å². The summed E-state index contributed by atoms with van der Waals surface area (Å²) in [5.41, 5.74) is 5.97. The summed E-state index contributed by atoms with van der Waals surface area (Å²) >= 11 is 0. The topological polar surface area (TPSA) is 84.7 Å². The van der Waals surface area contributed by atoms with Crippen LogP contribution in [0.4, 0.5) is 18.0 Å². The number of primary amides is 1. The van der Waals surface area contributed by atoms with Crippen molar-refractivity contribution in [2.75, 3.05) is 19.6 Å². The van der Waals surface area contributed by atoms with Gasteiger partial charge in [0.25, 0.3) is 0 Å². The molecule has 1 atom stereocenters. The van der Waals surface area contributed by atoms with Gasteiger partial charge in [0, 0.05) is 19.6 Å². The van der Waals surface area contributed by atoms with E-state index in [0.29, 0.717) is 32.5 Å². The number of alkyl halides is 3. The number of carbonyl (C=O) groups excluding carboxylic acids is 2. The molecule has 0 aliphatic carbocycles. The zero-order chi connectivity index (χ0) is 17.7. The second-order valence-corrected chi connectivity index (χ2v) is 5.51. The first-order valence-corrected chi connectivity index (χ1v) is 7.41. The SMILES string of the molecule is NC(=O)C1CCN(C(=O)NCCc2ccc(OC(F)(F)F)cc2)C1. The molecule has 132 valence electrons. The molecule has 1 unspecified atom stereocenters. The van der Waals surface area contributed by atoms with E-state index in [1.54, 1.807) is 0 Å². The maximum atomic E-state index is 12.1. The second kappa shape index (κ2) is 7.41. The molecule has 24 heavy (non-hydrogen) atoms. The highest BCUT2D eigenvalue weighted by atomic mass is 19.4. The number of urea groups is 1. The largest absolute Gasteiger partial charge is 0.573 e. The second-order valence-electron chi connectivity index (χ2n) is 5.51. The number of likely N-dealkylation sites (tertiary alicyclic amines) is 1. The lowest BCUT2D eigenvalue weighted by Crippen LogP contribution is -2.40. The molecule has 1 aromatic carbocycles. The van der Waals surface area contributed by atoms with Crippen molar-refractivity contribution in [3.8, 4) is 5.75 Å². The van der Waals surface area contributed by atoms with Crippen LogP contribution in [0.15, 0.2) is 24.3 Å². The van der Waals surface area contributed by atoms with Gasteiger partial charge in [0.15, 0.2) is 0 Å². The quantitative estimate of drug-likeness (QED) is 0.851. The van der Waals surface area contributed by atoms with Crippen LogP contribution in [-0.4, -0.2) is 42.8 Å². The Labute approximate surface area is 136 Å². The molecule has 2 rings (SSSR count). The van der Waals surface area contributed by atoms with Crippen molar-refractivity contribution in [1.29, 1.82) is 0 Å².